The molecule has 0 atom stereocenters. The Kier molecular flexibility index (Phi) is 7.36. The summed E-state index contributed by atoms with van der Waals surface area (Å²) >= 11 is 1.74. The Morgan fingerprint density at radius 2 is 1.86 bits per heavy atom. The first-order chi connectivity index (χ1) is 14.1. The Morgan fingerprint density at radius 1 is 1.14 bits per heavy atom. The average molecular weight is 411 g/mol. The fourth-order valence-electron chi connectivity index (χ4n) is 3.00. The number of carbonyl (C=O) groups excluding carboxylic acids is 1. The molecule has 0 radical (unpaired) electrons. The van der Waals surface area contributed by atoms with Crippen LogP contribution in [0.15, 0.2) is 53.1 Å². The zero-order chi connectivity index (χ0) is 20.6. The number of ether oxygens (including phenoxy) is 1. The lowest BCUT2D eigenvalue weighted by Gasteiger charge is -2.11. The highest BCUT2D eigenvalue weighted by atomic mass is 32.2. The molecule has 0 saturated heterocycles. The number of methoxy groups -OCH3 is 1. The molecule has 0 fully saturated rings. The van der Waals surface area contributed by atoms with Crippen LogP contribution in [0, 0.1) is 13.8 Å². The van der Waals surface area contributed by atoms with Gasteiger partial charge in [-0.1, -0.05) is 23.4 Å². The molecule has 5 nitrogen and oxygen atoms in total. The first-order valence-corrected chi connectivity index (χ1v) is 10.8. The molecule has 2 aromatic carbocycles. The van der Waals surface area contributed by atoms with E-state index >= 15 is 0 Å². The highest BCUT2D eigenvalue weighted by Gasteiger charge is 2.09. The number of amides is 1. The van der Waals surface area contributed by atoms with Gasteiger partial charge >= 0.3 is 0 Å². The van der Waals surface area contributed by atoms with Crippen molar-refractivity contribution in [3.8, 4) is 17.0 Å². The second-order valence-electron chi connectivity index (χ2n) is 6.88. The number of aryl methyl sites for hydroxylation is 2. The summed E-state index contributed by atoms with van der Waals surface area (Å²) in [6, 6.07) is 15.7. The van der Waals surface area contributed by atoms with Crippen LogP contribution in [0.2, 0.25) is 0 Å². The summed E-state index contributed by atoms with van der Waals surface area (Å²) < 4.78 is 10.6. The molecule has 0 unspecified atom stereocenters. The fourth-order valence-corrected chi connectivity index (χ4v) is 3.83. The second-order valence-corrected chi connectivity index (χ2v) is 7.98. The van der Waals surface area contributed by atoms with E-state index in [-0.39, 0.29) is 5.91 Å². The van der Waals surface area contributed by atoms with Crippen LogP contribution in [0.25, 0.3) is 11.3 Å². The van der Waals surface area contributed by atoms with Crippen molar-refractivity contribution in [2.24, 2.45) is 0 Å². The Hall–Kier alpha value is -2.73. The van der Waals surface area contributed by atoms with E-state index in [4.69, 9.17) is 9.26 Å². The van der Waals surface area contributed by atoms with Gasteiger partial charge in [-0.25, -0.2) is 0 Å². The molecule has 1 aromatic heterocycles. The van der Waals surface area contributed by atoms with Gasteiger partial charge in [0, 0.05) is 23.7 Å². The van der Waals surface area contributed by atoms with E-state index in [1.807, 2.05) is 62.4 Å². The van der Waals surface area contributed by atoms with Crippen molar-refractivity contribution in [1.82, 2.24) is 5.16 Å². The van der Waals surface area contributed by atoms with Crippen LogP contribution in [-0.2, 0) is 10.5 Å². The predicted molar refractivity (Wildman–Crippen MR) is 118 cm³/mol. The van der Waals surface area contributed by atoms with E-state index in [9.17, 15) is 4.79 Å². The summed E-state index contributed by atoms with van der Waals surface area (Å²) in [7, 11) is 1.65. The monoisotopic (exact) mass is 410 g/mol. The van der Waals surface area contributed by atoms with Gasteiger partial charge in [0.1, 0.15) is 17.2 Å². The van der Waals surface area contributed by atoms with E-state index in [2.05, 4.69) is 10.5 Å². The molecule has 0 aliphatic carbocycles. The van der Waals surface area contributed by atoms with Crippen LogP contribution in [0.3, 0.4) is 0 Å². The third-order valence-corrected chi connectivity index (χ3v) is 5.69. The van der Waals surface area contributed by atoms with Gasteiger partial charge in [0.05, 0.1) is 12.9 Å². The summed E-state index contributed by atoms with van der Waals surface area (Å²) in [5, 5.41) is 7.17. The largest absolute Gasteiger partial charge is 0.497 e. The number of hydrogen-bond acceptors (Lipinski definition) is 5. The summed E-state index contributed by atoms with van der Waals surface area (Å²) in [5.74, 6) is 3.33. The van der Waals surface area contributed by atoms with Gasteiger partial charge in [0.25, 0.3) is 0 Å². The van der Waals surface area contributed by atoms with Gasteiger partial charge < -0.3 is 14.6 Å². The number of nitrogens with zero attached hydrogens (tertiary/aromatic N) is 1. The Balaban J connectivity index is 1.39. The van der Waals surface area contributed by atoms with Crippen molar-refractivity contribution in [3.63, 3.8) is 0 Å². The van der Waals surface area contributed by atoms with Gasteiger partial charge in [-0.05, 0) is 61.4 Å². The number of nitrogens with one attached hydrogen (secondary N) is 1. The standard InChI is InChI=1S/C23H26N2O3S/c1-16-6-4-7-17(2)23(16)24-22(26)8-5-13-29-15-20-14-21(25-28-20)18-9-11-19(27-3)12-10-18/h4,6-7,9-12,14H,5,8,13,15H2,1-3H3,(H,24,26). The molecular formula is C23H26N2O3S. The minimum Gasteiger partial charge on any atom is -0.497 e. The first kappa shape index (κ1) is 21.0. The maximum atomic E-state index is 12.2. The molecule has 0 saturated carbocycles. The number of hydrogen-bond donors (Lipinski definition) is 1. The minimum absolute atomic E-state index is 0.0597. The Labute approximate surface area is 175 Å². The van der Waals surface area contributed by atoms with E-state index in [1.54, 1.807) is 18.9 Å². The first-order valence-electron chi connectivity index (χ1n) is 9.60. The predicted octanol–water partition coefficient (Wildman–Crippen LogP) is 5.62. The Bertz CT molecular complexity index is 931. The molecule has 29 heavy (non-hydrogen) atoms. The average Bonchev–Trinajstić information content (AvgIpc) is 3.19. The van der Waals surface area contributed by atoms with Crippen LogP contribution in [0.1, 0.15) is 29.7 Å². The third kappa shape index (κ3) is 5.87. The molecule has 0 bridgehead atoms. The van der Waals surface area contributed by atoms with Crippen molar-refractivity contribution >= 4 is 23.4 Å². The zero-order valence-corrected chi connectivity index (χ0v) is 17.8. The van der Waals surface area contributed by atoms with Crippen LogP contribution < -0.4 is 10.1 Å². The van der Waals surface area contributed by atoms with E-state index < -0.39 is 0 Å². The molecular weight excluding hydrogens is 384 g/mol. The molecule has 1 heterocycles. The highest BCUT2D eigenvalue weighted by Crippen LogP contribution is 2.24. The summed E-state index contributed by atoms with van der Waals surface area (Å²) in [6.07, 6.45) is 1.33. The molecule has 1 amide bonds. The number of aromatic nitrogens is 1. The number of carbonyl (C=O) groups is 1. The number of thioether (sulfide) groups is 1. The van der Waals surface area contributed by atoms with Crippen LogP contribution in [-0.4, -0.2) is 23.9 Å². The summed E-state index contributed by atoms with van der Waals surface area (Å²) in [6.45, 7) is 4.02. The molecule has 6 heteroatoms. The zero-order valence-electron chi connectivity index (χ0n) is 17.0. The number of anilines is 1. The molecule has 0 spiro atoms. The quantitative estimate of drug-likeness (QED) is 0.464. The molecule has 3 rings (SSSR count). The smallest absolute Gasteiger partial charge is 0.224 e. The van der Waals surface area contributed by atoms with E-state index in [0.29, 0.717) is 6.42 Å². The highest BCUT2D eigenvalue weighted by molar-refractivity contribution is 7.98. The van der Waals surface area contributed by atoms with Gasteiger partial charge in [-0.2, -0.15) is 11.8 Å². The van der Waals surface area contributed by atoms with Crippen molar-refractivity contribution in [2.75, 3.05) is 18.2 Å². The molecule has 3 aromatic rings. The normalized spacial score (nSPS) is 10.7. The SMILES string of the molecule is COc1ccc(-c2cc(CSCCCC(=O)Nc3c(C)cccc3C)on2)cc1. The lowest BCUT2D eigenvalue weighted by molar-refractivity contribution is -0.116. The summed E-state index contributed by atoms with van der Waals surface area (Å²) in [4.78, 5) is 12.2. The molecule has 0 aliphatic heterocycles. The maximum Gasteiger partial charge on any atom is 0.224 e. The maximum absolute atomic E-state index is 12.2. The second kappa shape index (κ2) is 10.2. The Morgan fingerprint density at radius 3 is 2.55 bits per heavy atom. The van der Waals surface area contributed by atoms with Crippen molar-refractivity contribution in [1.29, 1.82) is 0 Å². The van der Waals surface area contributed by atoms with Crippen molar-refractivity contribution < 1.29 is 14.1 Å². The molecule has 1 N–H and O–H groups in total. The van der Waals surface area contributed by atoms with Crippen LogP contribution in [0.5, 0.6) is 5.75 Å². The number of rotatable bonds is 9. The van der Waals surface area contributed by atoms with Gasteiger partial charge in [-0.3, -0.25) is 4.79 Å². The van der Waals surface area contributed by atoms with Crippen molar-refractivity contribution in [2.45, 2.75) is 32.4 Å². The molecule has 152 valence electrons. The number of para-hydroxylation sites is 1. The van der Waals surface area contributed by atoms with Gasteiger partial charge in [0.2, 0.25) is 5.91 Å². The van der Waals surface area contributed by atoms with Crippen LogP contribution in [0.4, 0.5) is 5.69 Å². The topological polar surface area (TPSA) is 64.4 Å². The number of benzene rings is 2. The van der Waals surface area contributed by atoms with Gasteiger partial charge in [-0.15, -0.1) is 0 Å². The molecule has 0 aliphatic rings. The summed E-state index contributed by atoms with van der Waals surface area (Å²) in [5.41, 5.74) is 4.92. The lowest BCUT2D eigenvalue weighted by atomic mass is 10.1. The lowest BCUT2D eigenvalue weighted by Crippen LogP contribution is -2.13. The van der Waals surface area contributed by atoms with Gasteiger partial charge in [0.15, 0.2) is 0 Å². The van der Waals surface area contributed by atoms with E-state index in [1.165, 1.54) is 0 Å². The van der Waals surface area contributed by atoms with E-state index in [0.717, 1.165) is 57.5 Å². The van der Waals surface area contributed by atoms with Crippen molar-refractivity contribution in [3.05, 3.63) is 65.4 Å². The third-order valence-electron chi connectivity index (χ3n) is 4.63. The fraction of sp³-hybridized carbons (Fsp3) is 0.304. The van der Waals surface area contributed by atoms with Crippen LogP contribution >= 0.6 is 11.8 Å². The minimum atomic E-state index is 0.0597.